The SMILES string of the molecule is CC(C)[Si](O[C@@H]1C[C@H]2C(=O)N[C@]3(C(=O)NS(=O)(=O)C4CC4)C[C@H]3/C=C\CCCCC[C@H](NC(=O)OC(C)(C)C)C(=O)N2C1)(C(C)C)C(C)C. The van der Waals surface area contributed by atoms with Crippen molar-refractivity contribution in [1.82, 2.24) is 20.3 Å². The number of sulfonamides is 1. The molecule has 1 saturated heterocycles. The van der Waals surface area contributed by atoms with Crippen LogP contribution in [0.25, 0.3) is 0 Å². The number of allylic oxidation sites excluding steroid dienone is 1. The first-order valence-electron chi connectivity index (χ1n) is 18.3. The van der Waals surface area contributed by atoms with Crippen molar-refractivity contribution in [2.45, 2.75) is 171 Å². The molecule has 2 aliphatic heterocycles. The Morgan fingerprint density at radius 1 is 1.00 bits per heavy atom. The largest absolute Gasteiger partial charge is 0.444 e. The predicted molar refractivity (Wildman–Crippen MR) is 190 cm³/mol. The molecule has 3 fully saturated rings. The number of rotatable bonds is 9. The van der Waals surface area contributed by atoms with Gasteiger partial charge in [-0.3, -0.25) is 19.1 Å². The van der Waals surface area contributed by atoms with Gasteiger partial charge >= 0.3 is 6.09 Å². The molecule has 5 atom stereocenters. The number of carbonyl (C=O) groups excluding carboxylic acids is 4. The lowest BCUT2D eigenvalue weighted by Gasteiger charge is -2.44. The number of fused-ring (bicyclic) bond motifs is 2. The fourth-order valence-electron chi connectivity index (χ4n) is 7.99. The average Bonchev–Trinajstić information content (AvgIpc) is 3.89. The van der Waals surface area contributed by atoms with Crippen molar-refractivity contribution in [2.24, 2.45) is 5.92 Å². The number of hydrogen-bond acceptors (Lipinski definition) is 8. The van der Waals surface area contributed by atoms with E-state index < -0.39 is 76.7 Å². The molecule has 2 saturated carbocycles. The van der Waals surface area contributed by atoms with E-state index in [0.717, 1.165) is 19.3 Å². The van der Waals surface area contributed by atoms with Crippen LogP contribution in [0.1, 0.15) is 120 Å². The molecule has 0 aromatic carbocycles. The minimum absolute atomic E-state index is 0.156. The lowest BCUT2D eigenvalue weighted by Crippen LogP contribution is -2.58. The van der Waals surface area contributed by atoms with Gasteiger partial charge in [0.15, 0.2) is 0 Å². The van der Waals surface area contributed by atoms with Crippen LogP contribution in [0.3, 0.4) is 0 Å². The van der Waals surface area contributed by atoms with Gasteiger partial charge in [-0.15, -0.1) is 0 Å². The molecule has 3 N–H and O–H groups in total. The lowest BCUT2D eigenvalue weighted by atomic mass is 10.0. The van der Waals surface area contributed by atoms with Crippen molar-refractivity contribution >= 4 is 42.2 Å². The van der Waals surface area contributed by atoms with Gasteiger partial charge in [-0.25, -0.2) is 13.2 Å². The second-order valence-corrected chi connectivity index (χ2v) is 23.9. The maximum absolute atomic E-state index is 14.5. The normalized spacial score (nSPS) is 29.4. The van der Waals surface area contributed by atoms with E-state index in [4.69, 9.17) is 9.16 Å². The summed E-state index contributed by atoms with van der Waals surface area (Å²) in [4.78, 5) is 56.9. The Morgan fingerprint density at radius 2 is 1.63 bits per heavy atom. The maximum Gasteiger partial charge on any atom is 0.408 e. The zero-order valence-electron chi connectivity index (χ0n) is 31.0. The Bertz CT molecular complexity index is 1370. The van der Waals surface area contributed by atoms with Crippen LogP contribution in [0.2, 0.25) is 16.6 Å². The van der Waals surface area contributed by atoms with Gasteiger partial charge in [-0.2, -0.15) is 0 Å². The molecular formula is C35H60N4O8SSi. The van der Waals surface area contributed by atoms with E-state index in [2.05, 4.69) is 56.9 Å². The van der Waals surface area contributed by atoms with Gasteiger partial charge < -0.3 is 24.7 Å². The summed E-state index contributed by atoms with van der Waals surface area (Å²) in [6.45, 7) is 18.5. The van der Waals surface area contributed by atoms with Crippen molar-refractivity contribution in [3.8, 4) is 0 Å². The molecule has 4 aliphatic rings. The molecule has 278 valence electrons. The molecule has 49 heavy (non-hydrogen) atoms. The average molecular weight is 725 g/mol. The number of carbonyl (C=O) groups is 4. The number of ether oxygens (including phenoxy) is 1. The maximum atomic E-state index is 14.5. The van der Waals surface area contributed by atoms with Crippen LogP contribution in [-0.2, 0) is 33.6 Å². The van der Waals surface area contributed by atoms with E-state index in [9.17, 15) is 27.6 Å². The molecule has 0 bridgehead atoms. The summed E-state index contributed by atoms with van der Waals surface area (Å²) in [6, 6.07) is -1.92. The van der Waals surface area contributed by atoms with Crippen molar-refractivity contribution in [3.05, 3.63) is 12.2 Å². The van der Waals surface area contributed by atoms with Crippen molar-refractivity contribution in [1.29, 1.82) is 0 Å². The van der Waals surface area contributed by atoms with Crippen LogP contribution >= 0.6 is 0 Å². The number of nitrogens with zero attached hydrogens (tertiary/aromatic N) is 1. The third-order valence-electron chi connectivity index (χ3n) is 10.6. The minimum Gasteiger partial charge on any atom is -0.444 e. The first-order valence-corrected chi connectivity index (χ1v) is 21.9. The second kappa shape index (κ2) is 15.0. The quantitative estimate of drug-likeness (QED) is 0.220. The summed E-state index contributed by atoms with van der Waals surface area (Å²) in [6.07, 6.45) is 7.59. The zero-order chi connectivity index (χ0) is 36.5. The fraction of sp³-hybridized carbons (Fsp3) is 0.829. The first kappa shape index (κ1) is 39.3. The van der Waals surface area contributed by atoms with E-state index in [0.29, 0.717) is 25.7 Å². The van der Waals surface area contributed by atoms with E-state index in [1.165, 1.54) is 4.90 Å². The summed E-state index contributed by atoms with van der Waals surface area (Å²) in [5.41, 5.74) is -1.39. The number of amides is 4. The van der Waals surface area contributed by atoms with E-state index in [-0.39, 0.29) is 41.9 Å². The molecule has 0 spiro atoms. The second-order valence-electron chi connectivity index (χ2n) is 16.5. The standard InChI is InChI=1S/C35H60N4O8SSi/c1-22(2)49(23(3)4,24(5)6)47-26-19-29-30(40)37-35(32(42)38-48(44,45)27-17-18-27)20-25(35)15-13-11-10-12-14-16-28(31(41)39(29)21-26)36-33(43)46-34(7,8)9/h13,15,22-29H,10-12,14,16-21H2,1-9H3,(H,36,43)(H,37,40)(H,38,42)/b15-13-/t25-,26-,28+,29+,35-/m1/s1. The molecule has 14 heteroatoms. The highest BCUT2D eigenvalue weighted by molar-refractivity contribution is 7.91. The zero-order valence-corrected chi connectivity index (χ0v) is 32.8. The smallest absolute Gasteiger partial charge is 0.408 e. The monoisotopic (exact) mass is 724 g/mol. The van der Waals surface area contributed by atoms with Crippen LogP contribution in [0.15, 0.2) is 12.2 Å². The van der Waals surface area contributed by atoms with Gasteiger partial charge in [0, 0.05) is 18.9 Å². The van der Waals surface area contributed by atoms with Crippen LogP contribution in [0.5, 0.6) is 0 Å². The molecule has 0 aromatic rings. The summed E-state index contributed by atoms with van der Waals surface area (Å²) < 4.78 is 40.4. The summed E-state index contributed by atoms with van der Waals surface area (Å²) in [5, 5.41) is 5.12. The Labute approximate surface area is 294 Å². The molecule has 12 nitrogen and oxygen atoms in total. The van der Waals surface area contributed by atoms with Gasteiger partial charge in [0.05, 0.1) is 11.4 Å². The van der Waals surface area contributed by atoms with Crippen molar-refractivity contribution in [2.75, 3.05) is 6.54 Å². The topological polar surface area (TPSA) is 160 Å². The summed E-state index contributed by atoms with van der Waals surface area (Å²) in [5.74, 6) is -2.06. The highest BCUT2D eigenvalue weighted by Crippen LogP contribution is 2.47. The molecule has 2 heterocycles. The predicted octanol–water partition coefficient (Wildman–Crippen LogP) is 5.04. The van der Waals surface area contributed by atoms with Gasteiger partial charge in [-0.05, 0) is 75.9 Å². The Balaban J connectivity index is 1.69. The Hall–Kier alpha value is -2.45. The molecular weight excluding hydrogens is 665 g/mol. The van der Waals surface area contributed by atoms with Gasteiger partial charge in [0.1, 0.15) is 23.2 Å². The first-order chi connectivity index (χ1) is 22.7. The molecule has 2 aliphatic carbocycles. The Morgan fingerprint density at radius 3 is 2.20 bits per heavy atom. The van der Waals surface area contributed by atoms with Gasteiger partial charge in [0.2, 0.25) is 30.2 Å². The van der Waals surface area contributed by atoms with Crippen LogP contribution in [-0.4, -0.2) is 86.6 Å². The third kappa shape index (κ3) is 9.08. The number of hydrogen-bond donors (Lipinski definition) is 3. The minimum atomic E-state index is -3.85. The molecule has 0 unspecified atom stereocenters. The van der Waals surface area contributed by atoms with Crippen molar-refractivity contribution in [3.63, 3.8) is 0 Å². The number of alkyl carbamates (subject to hydrolysis) is 1. The molecule has 4 rings (SSSR count). The van der Waals surface area contributed by atoms with Gasteiger partial charge in [-0.1, -0.05) is 66.5 Å². The van der Waals surface area contributed by atoms with Crippen LogP contribution in [0.4, 0.5) is 4.79 Å². The molecule has 0 radical (unpaired) electrons. The third-order valence-corrected chi connectivity index (χ3v) is 18.6. The number of nitrogens with one attached hydrogen (secondary N) is 3. The Kier molecular flexibility index (Phi) is 12.1. The summed E-state index contributed by atoms with van der Waals surface area (Å²) >= 11 is 0. The lowest BCUT2D eigenvalue weighted by molar-refractivity contribution is -0.141. The van der Waals surface area contributed by atoms with Crippen LogP contribution < -0.4 is 15.4 Å². The van der Waals surface area contributed by atoms with E-state index in [1.807, 2.05) is 12.2 Å². The summed E-state index contributed by atoms with van der Waals surface area (Å²) in [7, 11) is -6.27. The van der Waals surface area contributed by atoms with Gasteiger partial charge in [0.25, 0.3) is 5.91 Å². The van der Waals surface area contributed by atoms with Crippen LogP contribution in [0, 0.1) is 5.92 Å². The van der Waals surface area contributed by atoms with E-state index >= 15 is 0 Å². The highest BCUT2D eigenvalue weighted by Gasteiger charge is 2.62. The van der Waals surface area contributed by atoms with E-state index in [1.54, 1.807) is 20.8 Å². The van der Waals surface area contributed by atoms with Crippen molar-refractivity contribution < 1.29 is 36.8 Å². The molecule has 0 aromatic heterocycles. The highest BCUT2D eigenvalue weighted by atomic mass is 32.2. The molecule has 4 amide bonds. The fourth-order valence-corrected chi connectivity index (χ4v) is 14.9.